The largest absolute Gasteiger partial charge is 0.496 e. The lowest BCUT2D eigenvalue weighted by molar-refractivity contribution is 0.136. The molecule has 1 aromatic carbocycles. The van der Waals surface area contributed by atoms with Crippen LogP contribution in [0.2, 0.25) is 0 Å². The van der Waals surface area contributed by atoms with Gasteiger partial charge in [-0.15, -0.1) is 0 Å². The molecule has 0 radical (unpaired) electrons. The van der Waals surface area contributed by atoms with Gasteiger partial charge in [-0.05, 0) is 18.6 Å². The third kappa shape index (κ3) is 3.87. The molecule has 0 amide bonds. The smallest absolute Gasteiger partial charge is 0.132 e. The van der Waals surface area contributed by atoms with Crippen LogP contribution in [-0.4, -0.2) is 47.8 Å². The molecule has 2 rings (SSSR count). The Morgan fingerprint density at radius 1 is 1.55 bits per heavy atom. The lowest BCUT2D eigenvalue weighted by Crippen LogP contribution is -2.37. The number of methoxy groups -OCH3 is 1. The maximum Gasteiger partial charge on any atom is 0.132 e. The zero-order chi connectivity index (χ0) is 14.5. The molecule has 1 fully saturated rings. The van der Waals surface area contributed by atoms with Crippen molar-refractivity contribution in [1.29, 1.82) is 0 Å². The summed E-state index contributed by atoms with van der Waals surface area (Å²) in [5, 5.41) is 10.9. The van der Waals surface area contributed by atoms with Gasteiger partial charge >= 0.3 is 0 Å². The van der Waals surface area contributed by atoms with Crippen LogP contribution in [0.3, 0.4) is 0 Å². The van der Waals surface area contributed by atoms with Gasteiger partial charge in [-0.1, -0.05) is 13.0 Å². The number of rotatable bonds is 5. The minimum atomic E-state index is -0.823. The molecule has 1 aromatic rings. The first-order chi connectivity index (χ1) is 9.61. The summed E-state index contributed by atoms with van der Waals surface area (Å²) in [4.78, 5) is 2.33. The number of benzene rings is 1. The maximum absolute atomic E-state index is 13.9. The highest BCUT2D eigenvalue weighted by Gasteiger charge is 2.21. The van der Waals surface area contributed by atoms with Crippen molar-refractivity contribution in [3.05, 3.63) is 29.6 Å². The number of halogens is 1. The third-order valence-corrected chi connectivity index (χ3v) is 4.75. The van der Waals surface area contributed by atoms with Gasteiger partial charge in [-0.2, -0.15) is 11.8 Å². The Morgan fingerprint density at radius 3 is 3.05 bits per heavy atom. The summed E-state index contributed by atoms with van der Waals surface area (Å²) in [6, 6.07) is 4.63. The van der Waals surface area contributed by atoms with Crippen molar-refractivity contribution in [2.75, 3.05) is 32.5 Å². The third-order valence-electron chi connectivity index (χ3n) is 3.61. The Labute approximate surface area is 124 Å². The van der Waals surface area contributed by atoms with Crippen LogP contribution in [0.15, 0.2) is 18.2 Å². The second-order valence-corrected chi connectivity index (χ2v) is 6.69. The molecule has 0 aromatic heterocycles. The molecule has 1 aliphatic rings. The summed E-state index contributed by atoms with van der Waals surface area (Å²) in [5.74, 6) is 1.14. The number of thioether (sulfide) groups is 1. The van der Waals surface area contributed by atoms with Crippen LogP contribution in [0, 0.1) is 5.82 Å². The van der Waals surface area contributed by atoms with Gasteiger partial charge in [0.1, 0.15) is 11.6 Å². The van der Waals surface area contributed by atoms with Crippen LogP contribution >= 0.6 is 11.8 Å². The number of nitrogens with zero attached hydrogens (tertiary/aromatic N) is 1. The van der Waals surface area contributed by atoms with Crippen molar-refractivity contribution in [1.82, 2.24) is 4.90 Å². The van der Waals surface area contributed by atoms with E-state index in [1.54, 1.807) is 12.1 Å². The van der Waals surface area contributed by atoms with E-state index in [9.17, 15) is 9.50 Å². The number of hydrogen-bond acceptors (Lipinski definition) is 4. The molecule has 0 saturated carbocycles. The van der Waals surface area contributed by atoms with Gasteiger partial charge in [-0.25, -0.2) is 4.39 Å². The summed E-state index contributed by atoms with van der Waals surface area (Å²) >= 11 is 1.98. The van der Waals surface area contributed by atoms with E-state index in [2.05, 4.69) is 11.8 Å². The standard InChI is InChI=1S/C15H22FNO2S/c1-11-10-17(8-9-20-11)7-6-13(18)15-12(16)4-3-5-14(15)19-2/h3-5,11,13,18H,6-10H2,1-2H3. The predicted octanol–water partition coefficient (Wildman–Crippen LogP) is 2.70. The van der Waals surface area contributed by atoms with E-state index in [0.717, 1.165) is 25.4 Å². The van der Waals surface area contributed by atoms with Gasteiger partial charge in [0, 0.05) is 30.6 Å². The first-order valence-electron chi connectivity index (χ1n) is 6.96. The van der Waals surface area contributed by atoms with Crippen molar-refractivity contribution in [2.45, 2.75) is 24.7 Å². The van der Waals surface area contributed by atoms with Crippen molar-refractivity contribution in [3.63, 3.8) is 0 Å². The van der Waals surface area contributed by atoms with Gasteiger partial charge in [0.05, 0.1) is 18.8 Å². The van der Waals surface area contributed by atoms with Gasteiger partial charge in [0.25, 0.3) is 0 Å². The average molecular weight is 299 g/mol. The lowest BCUT2D eigenvalue weighted by atomic mass is 10.0. The summed E-state index contributed by atoms with van der Waals surface area (Å²) in [6.45, 7) is 5.07. The van der Waals surface area contributed by atoms with E-state index in [0.29, 0.717) is 17.4 Å². The van der Waals surface area contributed by atoms with Crippen molar-refractivity contribution in [2.24, 2.45) is 0 Å². The fourth-order valence-electron chi connectivity index (χ4n) is 2.56. The number of ether oxygens (including phenoxy) is 1. The highest BCUT2D eigenvalue weighted by Crippen LogP contribution is 2.30. The number of aliphatic hydroxyl groups excluding tert-OH is 1. The van der Waals surface area contributed by atoms with E-state index in [1.165, 1.54) is 13.2 Å². The van der Waals surface area contributed by atoms with Crippen LogP contribution < -0.4 is 4.74 Å². The monoisotopic (exact) mass is 299 g/mol. The van der Waals surface area contributed by atoms with E-state index < -0.39 is 11.9 Å². The van der Waals surface area contributed by atoms with Crippen LogP contribution in [0.1, 0.15) is 25.0 Å². The molecule has 0 spiro atoms. The van der Waals surface area contributed by atoms with E-state index in [1.807, 2.05) is 11.8 Å². The minimum Gasteiger partial charge on any atom is -0.496 e. The molecule has 1 aliphatic heterocycles. The molecule has 2 unspecified atom stereocenters. The zero-order valence-corrected chi connectivity index (χ0v) is 12.8. The van der Waals surface area contributed by atoms with Crippen molar-refractivity contribution >= 4 is 11.8 Å². The average Bonchev–Trinajstić information content (AvgIpc) is 2.44. The van der Waals surface area contributed by atoms with Gasteiger partial charge in [0.15, 0.2) is 0 Å². The van der Waals surface area contributed by atoms with Crippen LogP contribution in [0.5, 0.6) is 5.75 Å². The highest BCUT2D eigenvalue weighted by atomic mass is 32.2. The number of aliphatic hydroxyl groups is 1. The normalized spacial score (nSPS) is 21.7. The maximum atomic E-state index is 13.9. The summed E-state index contributed by atoms with van der Waals surface area (Å²) < 4.78 is 19.0. The second-order valence-electron chi connectivity index (χ2n) is 5.14. The molecule has 20 heavy (non-hydrogen) atoms. The number of hydrogen-bond donors (Lipinski definition) is 1. The molecule has 112 valence electrons. The van der Waals surface area contributed by atoms with Gasteiger partial charge in [-0.3, -0.25) is 0 Å². The Balaban J connectivity index is 1.96. The molecular weight excluding hydrogens is 277 g/mol. The molecule has 3 nitrogen and oxygen atoms in total. The molecular formula is C15H22FNO2S. The molecule has 1 heterocycles. The molecule has 0 bridgehead atoms. The summed E-state index contributed by atoms with van der Waals surface area (Å²) in [5.41, 5.74) is 0.273. The molecule has 1 N–H and O–H groups in total. The Kier molecular flexibility index (Phi) is 5.69. The molecule has 5 heteroatoms. The van der Waals surface area contributed by atoms with Crippen LogP contribution in [-0.2, 0) is 0 Å². The van der Waals surface area contributed by atoms with Crippen LogP contribution in [0.25, 0.3) is 0 Å². The Hall–Kier alpha value is -0.780. The first kappa shape index (κ1) is 15.6. The fourth-order valence-corrected chi connectivity index (χ4v) is 3.64. The highest BCUT2D eigenvalue weighted by molar-refractivity contribution is 7.99. The quantitative estimate of drug-likeness (QED) is 0.906. The topological polar surface area (TPSA) is 32.7 Å². The summed E-state index contributed by atoms with van der Waals surface area (Å²) in [6.07, 6.45) is -0.301. The van der Waals surface area contributed by atoms with Crippen molar-refractivity contribution in [3.8, 4) is 5.75 Å². The lowest BCUT2D eigenvalue weighted by Gasteiger charge is -2.31. The van der Waals surface area contributed by atoms with Crippen LogP contribution in [0.4, 0.5) is 4.39 Å². The Morgan fingerprint density at radius 2 is 2.35 bits per heavy atom. The van der Waals surface area contributed by atoms with E-state index in [-0.39, 0.29) is 5.56 Å². The first-order valence-corrected chi connectivity index (χ1v) is 8.01. The molecule has 0 aliphatic carbocycles. The SMILES string of the molecule is COc1cccc(F)c1C(O)CCN1CCSC(C)C1. The predicted molar refractivity (Wildman–Crippen MR) is 80.9 cm³/mol. The van der Waals surface area contributed by atoms with Gasteiger partial charge < -0.3 is 14.7 Å². The summed E-state index contributed by atoms with van der Waals surface area (Å²) in [7, 11) is 1.49. The zero-order valence-electron chi connectivity index (χ0n) is 12.0. The fraction of sp³-hybridized carbons (Fsp3) is 0.600. The van der Waals surface area contributed by atoms with Crippen molar-refractivity contribution < 1.29 is 14.2 Å². The second kappa shape index (κ2) is 7.29. The minimum absolute atomic E-state index is 0.273. The molecule has 1 saturated heterocycles. The Bertz CT molecular complexity index is 444. The van der Waals surface area contributed by atoms with Gasteiger partial charge in [0.2, 0.25) is 0 Å². The van der Waals surface area contributed by atoms with E-state index in [4.69, 9.17) is 4.74 Å². The van der Waals surface area contributed by atoms with E-state index >= 15 is 0 Å². The molecule has 2 atom stereocenters.